The van der Waals surface area contributed by atoms with E-state index in [-0.39, 0.29) is 0 Å². The van der Waals surface area contributed by atoms with Gasteiger partial charge < -0.3 is 13.9 Å². The van der Waals surface area contributed by atoms with Crippen LogP contribution >= 0.6 is 22.9 Å². The number of nitrogens with zero attached hydrogens (tertiary/aromatic N) is 2. The minimum Gasteiger partial charge on any atom is -0.497 e. The number of methoxy groups -OCH3 is 1. The van der Waals surface area contributed by atoms with Gasteiger partial charge in [0.05, 0.1) is 23.6 Å². The Bertz CT molecular complexity index is 1510. The highest BCUT2D eigenvalue weighted by atomic mass is 35.5. The second-order valence-corrected chi connectivity index (χ2v) is 11.4. The Morgan fingerprint density at radius 3 is 1.95 bits per heavy atom. The summed E-state index contributed by atoms with van der Waals surface area (Å²) in [6.45, 7) is 3.00. The molecule has 7 heteroatoms. The van der Waals surface area contributed by atoms with Gasteiger partial charge in [-0.05, 0) is 66.6 Å². The summed E-state index contributed by atoms with van der Waals surface area (Å²) in [7, 11) is 1.67. The zero-order chi connectivity index (χ0) is 27.7. The normalized spacial score (nSPS) is 11.3. The van der Waals surface area contributed by atoms with Gasteiger partial charge >= 0.3 is 0 Å². The van der Waals surface area contributed by atoms with Gasteiger partial charge in [-0.1, -0.05) is 75.6 Å². The lowest BCUT2D eigenvalue weighted by atomic mass is 10.1. The fraction of sp³-hybridized carbons (Fsp3) is 0.333. The number of aromatic nitrogens is 2. The summed E-state index contributed by atoms with van der Waals surface area (Å²) in [4.78, 5) is 1.02. The van der Waals surface area contributed by atoms with Gasteiger partial charge in [-0.2, -0.15) is 0 Å². The highest BCUT2D eigenvalue weighted by Gasteiger charge is 2.15. The zero-order valence-electron chi connectivity index (χ0n) is 23.1. The minimum absolute atomic E-state index is 0.476. The lowest BCUT2D eigenvalue weighted by molar-refractivity contribution is 0.304. The van der Waals surface area contributed by atoms with Gasteiger partial charge in [0, 0.05) is 21.2 Å². The lowest BCUT2D eigenvalue weighted by Gasteiger charge is -2.06. The molecule has 0 aliphatic rings. The molecule has 5 nitrogen and oxygen atoms in total. The van der Waals surface area contributed by atoms with Crippen LogP contribution in [-0.2, 0) is 0 Å². The van der Waals surface area contributed by atoms with Gasteiger partial charge in [-0.3, -0.25) is 0 Å². The van der Waals surface area contributed by atoms with E-state index in [0.717, 1.165) is 61.2 Å². The van der Waals surface area contributed by atoms with E-state index in [1.807, 2.05) is 66.7 Å². The van der Waals surface area contributed by atoms with E-state index in [4.69, 9.17) is 25.5 Å². The van der Waals surface area contributed by atoms with Gasteiger partial charge in [-0.25, -0.2) is 0 Å². The third kappa shape index (κ3) is 6.86. The topological polar surface area (TPSA) is 57.4 Å². The molecule has 208 valence electrons. The smallest absolute Gasteiger partial charge is 0.248 e. The molecule has 5 rings (SSSR count). The number of unbranched alkanes of at least 4 members (excludes halogenated alkanes) is 7. The molecule has 5 aromatic rings. The van der Waals surface area contributed by atoms with Crippen LogP contribution in [0.25, 0.3) is 43.4 Å². The first-order chi connectivity index (χ1) is 19.7. The molecule has 40 heavy (non-hydrogen) atoms. The molecule has 0 aliphatic heterocycles. The summed E-state index contributed by atoms with van der Waals surface area (Å²) >= 11 is 8.36. The van der Waals surface area contributed by atoms with E-state index < -0.39 is 0 Å². The van der Waals surface area contributed by atoms with E-state index in [9.17, 15) is 0 Å². The van der Waals surface area contributed by atoms with Crippen molar-refractivity contribution >= 4 is 33.0 Å². The van der Waals surface area contributed by atoms with Crippen LogP contribution in [0.5, 0.6) is 11.5 Å². The Balaban J connectivity index is 1.16. The molecule has 0 spiro atoms. The molecular formula is C33H35ClN2O3S. The number of fused-ring (bicyclic) bond motifs is 1. The Kier molecular flexibility index (Phi) is 9.74. The van der Waals surface area contributed by atoms with Crippen molar-refractivity contribution in [1.29, 1.82) is 0 Å². The van der Waals surface area contributed by atoms with Crippen LogP contribution in [0.1, 0.15) is 58.3 Å². The van der Waals surface area contributed by atoms with Crippen LogP contribution in [0.15, 0.2) is 71.1 Å². The van der Waals surface area contributed by atoms with Crippen LogP contribution in [0, 0.1) is 0 Å². The first kappa shape index (κ1) is 28.2. The molecule has 0 amide bonds. The second-order valence-electron chi connectivity index (χ2n) is 9.94. The molecule has 2 aromatic heterocycles. The van der Waals surface area contributed by atoms with Crippen LogP contribution in [0.3, 0.4) is 0 Å². The zero-order valence-corrected chi connectivity index (χ0v) is 24.7. The maximum Gasteiger partial charge on any atom is 0.248 e. The van der Waals surface area contributed by atoms with Crippen molar-refractivity contribution in [2.75, 3.05) is 13.7 Å². The van der Waals surface area contributed by atoms with Crippen molar-refractivity contribution in [2.45, 2.75) is 58.3 Å². The lowest BCUT2D eigenvalue weighted by Crippen LogP contribution is -1.97. The fourth-order valence-electron chi connectivity index (χ4n) is 4.70. The summed E-state index contributed by atoms with van der Waals surface area (Å²) in [6.07, 6.45) is 10.3. The number of ether oxygens (including phenoxy) is 2. The molecule has 2 heterocycles. The molecule has 0 radical (unpaired) electrons. The SMILES string of the molecule is CCCCCCCCCCOc1ccc(-c2nnc(-c3ccc(-c4sc5cc(OC)ccc5c4Cl)cc3)o2)cc1. The molecule has 0 saturated heterocycles. The number of rotatable bonds is 14. The molecule has 0 fully saturated rings. The summed E-state index contributed by atoms with van der Waals surface area (Å²) in [6, 6.07) is 21.8. The van der Waals surface area contributed by atoms with Gasteiger partial charge in [-0.15, -0.1) is 21.5 Å². The molecular weight excluding hydrogens is 540 g/mol. The first-order valence-corrected chi connectivity index (χ1v) is 15.3. The maximum absolute atomic E-state index is 6.71. The molecule has 3 aromatic carbocycles. The predicted octanol–water partition coefficient (Wildman–Crippen LogP) is 10.5. The monoisotopic (exact) mass is 574 g/mol. The van der Waals surface area contributed by atoms with Crippen molar-refractivity contribution in [3.63, 3.8) is 0 Å². The summed E-state index contributed by atoms with van der Waals surface area (Å²) in [5.41, 5.74) is 2.75. The number of halogens is 1. The van der Waals surface area contributed by atoms with E-state index in [1.165, 1.54) is 44.9 Å². The summed E-state index contributed by atoms with van der Waals surface area (Å²) in [5, 5.41) is 10.3. The van der Waals surface area contributed by atoms with Crippen LogP contribution in [-0.4, -0.2) is 23.9 Å². The number of thiophene rings is 1. The number of benzene rings is 3. The summed E-state index contributed by atoms with van der Waals surface area (Å²) < 4.78 is 18.4. The average Bonchev–Trinajstić information content (AvgIpc) is 3.62. The molecule has 0 N–H and O–H groups in total. The summed E-state index contributed by atoms with van der Waals surface area (Å²) in [5.74, 6) is 2.64. The van der Waals surface area contributed by atoms with Gasteiger partial charge in [0.2, 0.25) is 11.8 Å². The highest BCUT2D eigenvalue weighted by molar-refractivity contribution is 7.23. The largest absolute Gasteiger partial charge is 0.497 e. The molecule has 0 bridgehead atoms. The van der Waals surface area contributed by atoms with Gasteiger partial charge in [0.25, 0.3) is 0 Å². The molecule has 0 saturated carbocycles. The minimum atomic E-state index is 0.476. The van der Waals surface area contributed by atoms with Crippen molar-refractivity contribution in [3.8, 4) is 44.8 Å². The first-order valence-electron chi connectivity index (χ1n) is 14.1. The Morgan fingerprint density at radius 2 is 1.30 bits per heavy atom. The second kappa shape index (κ2) is 13.8. The Labute approximate surface area is 245 Å². The van der Waals surface area contributed by atoms with Crippen molar-refractivity contribution in [2.24, 2.45) is 0 Å². The molecule has 0 atom stereocenters. The predicted molar refractivity (Wildman–Crippen MR) is 166 cm³/mol. The quantitative estimate of drug-likeness (QED) is 0.123. The third-order valence-electron chi connectivity index (χ3n) is 7.02. The number of hydrogen-bond donors (Lipinski definition) is 0. The van der Waals surface area contributed by atoms with Crippen LogP contribution < -0.4 is 9.47 Å². The van der Waals surface area contributed by atoms with E-state index in [2.05, 4.69) is 17.1 Å². The number of hydrogen-bond acceptors (Lipinski definition) is 6. The third-order valence-corrected chi connectivity index (χ3v) is 8.73. The van der Waals surface area contributed by atoms with E-state index in [0.29, 0.717) is 11.8 Å². The van der Waals surface area contributed by atoms with E-state index in [1.54, 1.807) is 18.4 Å². The van der Waals surface area contributed by atoms with Crippen molar-refractivity contribution in [3.05, 3.63) is 71.8 Å². The van der Waals surface area contributed by atoms with Gasteiger partial charge in [0.15, 0.2) is 0 Å². The van der Waals surface area contributed by atoms with Crippen LogP contribution in [0.4, 0.5) is 0 Å². The Hall–Kier alpha value is -3.35. The van der Waals surface area contributed by atoms with E-state index >= 15 is 0 Å². The highest BCUT2D eigenvalue weighted by Crippen LogP contribution is 2.43. The van der Waals surface area contributed by atoms with Gasteiger partial charge in [0.1, 0.15) is 11.5 Å². The standard InChI is InChI=1S/C33H35ClN2O3S/c1-3-4-5-6-7-8-9-10-21-38-26-17-15-25(16-18-26)33-36-35-32(39-33)24-13-11-23(12-14-24)31-30(34)28-20-19-27(37-2)22-29(28)40-31/h11-20,22H,3-10,21H2,1-2H3. The fourth-order valence-corrected chi connectivity index (χ4v) is 6.27. The maximum atomic E-state index is 6.71. The van der Waals surface area contributed by atoms with Crippen molar-refractivity contribution in [1.82, 2.24) is 10.2 Å². The average molecular weight is 575 g/mol. The van der Waals surface area contributed by atoms with Crippen LogP contribution in [0.2, 0.25) is 5.02 Å². The van der Waals surface area contributed by atoms with Crippen molar-refractivity contribution < 1.29 is 13.9 Å². The Morgan fingerprint density at radius 1 is 0.725 bits per heavy atom. The molecule has 0 aliphatic carbocycles. The molecule has 0 unspecified atom stereocenters.